The van der Waals surface area contributed by atoms with Crippen LogP contribution in [-0.2, 0) is 16.6 Å². The number of amides is 1. The fourth-order valence-corrected chi connectivity index (χ4v) is 1.88. The molecule has 106 valence electrons. The van der Waals surface area contributed by atoms with Crippen LogP contribution in [-0.4, -0.2) is 28.3 Å². The van der Waals surface area contributed by atoms with Crippen molar-refractivity contribution in [2.24, 2.45) is 12.1 Å². The zero-order valence-corrected chi connectivity index (χ0v) is 11.7. The molecule has 1 heterocycles. The van der Waals surface area contributed by atoms with Crippen molar-refractivity contribution in [2.75, 3.05) is 6.61 Å². The Kier molecular flexibility index (Phi) is 4.70. The number of hydrogen-bond acceptors (Lipinski definition) is 4. The second-order valence-electron chi connectivity index (χ2n) is 4.31. The fourth-order valence-electron chi connectivity index (χ4n) is 1.88. The summed E-state index contributed by atoms with van der Waals surface area (Å²) in [6.07, 6.45) is 10.4. The number of nitrogens with one attached hydrogen (secondary N) is 1. The lowest BCUT2D eigenvalue weighted by molar-refractivity contribution is -0.117. The van der Waals surface area contributed by atoms with Gasteiger partial charge in [0.2, 0.25) is 0 Å². The molecule has 1 aromatic heterocycles. The Morgan fingerprint density at radius 3 is 3.20 bits per heavy atom. The molecule has 0 aromatic carbocycles. The van der Waals surface area contributed by atoms with Crippen LogP contribution in [0.5, 0.6) is 0 Å². The van der Waals surface area contributed by atoms with E-state index in [-0.39, 0.29) is 5.91 Å². The van der Waals surface area contributed by atoms with Crippen molar-refractivity contribution < 1.29 is 9.53 Å². The number of carbonyl (C=O) groups is 1. The Morgan fingerprint density at radius 2 is 2.50 bits per heavy atom. The minimum absolute atomic E-state index is 0.269. The van der Waals surface area contributed by atoms with Crippen LogP contribution in [0.2, 0.25) is 0 Å². The normalized spacial score (nSPS) is 14.9. The van der Waals surface area contributed by atoms with Crippen LogP contribution in [0.25, 0.3) is 0 Å². The maximum atomic E-state index is 12.1. The molecule has 0 saturated heterocycles. The number of carbonyl (C=O) groups excluding carboxylic acids is 1. The Hall–Kier alpha value is -2.37. The van der Waals surface area contributed by atoms with Gasteiger partial charge in [-0.05, 0) is 19.4 Å². The van der Waals surface area contributed by atoms with Gasteiger partial charge in [0.1, 0.15) is 5.76 Å². The van der Waals surface area contributed by atoms with Crippen LogP contribution in [0.1, 0.15) is 25.6 Å². The first-order chi connectivity index (χ1) is 9.72. The van der Waals surface area contributed by atoms with Crippen molar-refractivity contribution in [1.29, 1.82) is 0 Å². The summed E-state index contributed by atoms with van der Waals surface area (Å²) in [4.78, 5) is 16.1. The molecule has 1 aliphatic carbocycles. The topological polar surface area (TPSA) is 68.5 Å². The third-order valence-electron chi connectivity index (χ3n) is 2.89. The van der Waals surface area contributed by atoms with E-state index in [1.807, 2.05) is 26.2 Å². The Bertz CT molecular complexity index is 569. The predicted molar refractivity (Wildman–Crippen MR) is 76.0 cm³/mol. The molecule has 20 heavy (non-hydrogen) atoms. The largest absolute Gasteiger partial charge is 0.497 e. The molecule has 0 unspecified atom stereocenters. The van der Waals surface area contributed by atoms with Gasteiger partial charge in [0.05, 0.1) is 18.4 Å². The number of imidazole rings is 1. The van der Waals surface area contributed by atoms with Crippen molar-refractivity contribution in [3.05, 3.63) is 41.7 Å². The molecule has 1 aliphatic rings. The van der Waals surface area contributed by atoms with Gasteiger partial charge in [-0.1, -0.05) is 6.08 Å². The minimum Gasteiger partial charge on any atom is -0.497 e. The molecule has 6 heteroatoms. The van der Waals surface area contributed by atoms with Crippen molar-refractivity contribution in [3.63, 3.8) is 0 Å². The van der Waals surface area contributed by atoms with E-state index >= 15 is 0 Å². The number of rotatable bonds is 5. The van der Waals surface area contributed by atoms with Gasteiger partial charge in [0.15, 0.2) is 5.82 Å². The summed E-state index contributed by atoms with van der Waals surface area (Å²) in [5.74, 6) is 1.12. The van der Waals surface area contributed by atoms with Crippen LogP contribution < -0.4 is 5.43 Å². The maximum absolute atomic E-state index is 12.1. The lowest BCUT2D eigenvalue weighted by atomic mass is 10.0. The monoisotopic (exact) mass is 274 g/mol. The Balaban J connectivity index is 2.02. The van der Waals surface area contributed by atoms with Gasteiger partial charge in [-0.15, -0.1) is 0 Å². The van der Waals surface area contributed by atoms with Gasteiger partial charge < -0.3 is 9.30 Å². The van der Waals surface area contributed by atoms with Crippen molar-refractivity contribution >= 4 is 12.1 Å². The number of allylic oxidation sites excluding steroid dienone is 2. The van der Waals surface area contributed by atoms with Crippen LogP contribution in [0.15, 0.2) is 41.0 Å². The number of hydrazone groups is 1. The molecule has 1 aromatic rings. The van der Waals surface area contributed by atoms with Gasteiger partial charge in [-0.25, -0.2) is 10.4 Å². The molecule has 0 fully saturated rings. The maximum Gasteiger partial charge on any atom is 0.274 e. The molecule has 2 rings (SSSR count). The molecule has 1 amide bonds. The third-order valence-corrected chi connectivity index (χ3v) is 2.89. The molecule has 0 atom stereocenters. The van der Waals surface area contributed by atoms with Gasteiger partial charge in [-0.3, -0.25) is 4.79 Å². The smallest absolute Gasteiger partial charge is 0.274 e. The Labute approximate surface area is 117 Å². The summed E-state index contributed by atoms with van der Waals surface area (Å²) >= 11 is 0. The molecule has 1 N–H and O–H groups in total. The SMILES string of the molecule is CCOC1=C(C(=O)N/N=C/c2nccn2C)C=CCC1. The van der Waals surface area contributed by atoms with E-state index in [0.717, 1.165) is 18.6 Å². The van der Waals surface area contributed by atoms with Gasteiger partial charge >= 0.3 is 0 Å². The highest BCUT2D eigenvalue weighted by Crippen LogP contribution is 2.20. The number of aryl methyl sites for hydroxylation is 1. The minimum atomic E-state index is -0.269. The molecule has 0 radical (unpaired) electrons. The van der Waals surface area contributed by atoms with E-state index in [1.54, 1.807) is 16.8 Å². The molecule has 0 bridgehead atoms. The zero-order chi connectivity index (χ0) is 14.4. The molecular weight excluding hydrogens is 256 g/mol. The van der Waals surface area contributed by atoms with Crippen molar-refractivity contribution in [3.8, 4) is 0 Å². The molecule has 0 aliphatic heterocycles. The highest BCUT2D eigenvalue weighted by molar-refractivity contribution is 5.97. The molecule has 6 nitrogen and oxygen atoms in total. The van der Waals surface area contributed by atoms with E-state index in [4.69, 9.17) is 4.74 Å². The highest BCUT2D eigenvalue weighted by atomic mass is 16.5. The highest BCUT2D eigenvalue weighted by Gasteiger charge is 2.16. The summed E-state index contributed by atoms with van der Waals surface area (Å²) in [5.41, 5.74) is 3.03. The number of aromatic nitrogens is 2. The average Bonchev–Trinajstić information content (AvgIpc) is 2.85. The number of ether oxygens (including phenoxy) is 1. The second-order valence-corrected chi connectivity index (χ2v) is 4.31. The summed E-state index contributed by atoms with van der Waals surface area (Å²) in [6.45, 7) is 2.45. The van der Waals surface area contributed by atoms with E-state index in [0.29, 0.717) is 18.0 Å². The van der Waals surface area contributed by atoms with Gasteiger partial charge in [-0.2, -0.15) is 5.10 Å². The van der Waals surface area contributed by atoms with Crippen molar-refractivity contribution in [2.45, 2.75) is 19.8 Å². The van der Waals surface area contributed by atoms with E-state index < -0.39 is 0 Å². The van der Waals surface area contributed by atoms with Crippen LogP contribution >= 0.6 is 0 Å². The summed E-state index contributed by atoms with van der Waals surface area (Å²) in [6, 6.07) is 0. The molecule has 0 saturated carbocycles. The van der Waals surface area contributed by atoms with Gasteiger partial charge in [0.25, 0.3) is 5.91 Å². The Morgan fingerprint density at radius 1 is 1.65 bits per heavy atom. The number of nitrogens with zero attached hydrogens (tertiary/aromatic N) is 3. The van der Waals surface area contributed by atoms with Crippen LogP contribution in [0.3, 0.4) is 0 Å². The summed E-state index contributed by atoms with van der Waals surface area (Å²) < 4.78 is 7.29. The third kappa shape index (κ3) is 3.34. The average molecular weight is 274 g/mol. The second kappa shape index (κ2) is 6.70. The first kappa shape index (κ1) is 14.0. The molecule has 0 spiro atoms. The summed E-state index contributed by atoms with van der Waals surface area (Å²) in [5, 5.41) is 3.91. The van der Waals surface area contributed by atoms with Gasteiger partial charge in [0, 0.05) is 25.9 Å². The zero-order valence-electron chi connectivity index (χ0n) is 11.7. The first-order valence-electron chi connectivity index (χ1n) is 6.55. The van der Waals surface area contributed by atoms with Crippen LogP contribution in [0.4, 0.5) is 0 Å². The van der Waals surface area contributed by atoms with E-state index in [1.165, 1.54) is 6.21 Å². The molecular formula is C14H18N4O2. The fraction of sp³-hybridized carbons (Fsp3) is 0.357. The van der Waals surface area contributed by atoms with Crippen LogP contribution in [0, 0.1) is 0 Å². The quantitative estimate of drug-likeness (QED) is 0.653. The van der Waals surface area contributed by atoms with E-state index in [2.05, 4.69) is 15.5 Å². The number of hydrogen-bond donors (Lipinski definition) is 1. The lowest BCUT2D eigenvalue weighted by Crippen LogP contribution is -2.22. The van der Waals surface area contributed by atoms with Crippen molar-refractivity contribution in [1.82, 2.24) is 15.0 Å². The summed E-state index contributed by atoms with van der Waals surface area (Å²) in [7, 11) is 1.86. The van der Waals surface area contributed by atoms with E-state index in [9.17, 15) is 4.79 Å². The first-order valence-corrected chi connectivity index (χ1v) is 6.55. The lowest BCUT2D eigenvalue weighted by Gasteiger charge is -2.14. The predicted octanol–water partition coefficient (Wildman–Crippen LogP) is 1.51. The standard InChI is InChI=1S/C14H18N4O2/c1-3-20-12-7-5-4-6-11(12)14(19)17-16-10-13-15-8-9-18(13)2/h4,6,8-10H,3,5,7H2,1-2H3,(H,17,19)/b16-10+.